The largest absolute Gasteiger partial charge is 0.481 e. The molecule has 0 spiro atoms. The van der Waals surface area contributed by atoms with E-state index < -0.39 is 11.4 Å². The molecule has 1 fully saturated rings. The van der Waals surface area contributed by atoms with Crippen LogP contribution >= 0.6 is 34.2 Å². The molecule has 0 bridgehead atoms. The Morgan fingerprint density at radius 1 is 1.25 bits per heavy atom. The Labute approximate surface area is 218 Å². The van der Waals surface area contributed by atoms with Crippen molar-refractivity contribution in [2.24, 2.45) is 0 Å². The minimum Gasteiger partial charge on any atom is -0.481 e. The van der Waals surface area contributed by atoms with Gasteiger partial charge in [0.05, 0.1) is 5.69 Å². The van der Waals surface area contributed by atoms with E-state index in [1.54, 1.807) is 7.05 Å². The van der Waals surface area contributed by atoms with E-state index in [4.69, 9.17) is 10.00 Å². The Hall–Kier alpha value is -3.84. The number of carboxylic acids is 1. The van der Waals surface area contributed by atoms with Gasteiger partial charge in [0.2, 0.25) is 0 Å². The quantitative estimate of drug-likeness (QED) is 0.268. The van der Waals surface area contributed by atoms with Gasteiger partial charge in [-0.3, -0.25) is 9.59 Å². The molecule has 0 saturated heterocycles. The number of nitrogens with zero attached hydrogens (tertiary/aromatic N) is 4. The predicted octanol–water partition coefficient (Wildman–Crippen LogP) is 4.56. The molecule has 3 heterocycles. The highest BCUT2D eigenvalue weighted by molar-refractivity contribution is 7.38. The number of hydrogen-bond donors (Lipinski definition) is 2. The topological polar surface area (TPSA) is 138 Å². The number of fused-ring (bicyclic) bond motifs is 1. The lowest BCUT2D eigenvalue weighted by Gasteiger charge is -2.08. The summed E-state index contributed by atoms with van der Waals surface area (Å²) in [6.07, 6.45) is 1.12. The Kier molecular flexibility index (Phi) is 7.60. The van der Waals surface area contributed by atoms with Crippen LogP contribution < -0.4 is 5.32 Å². The zero-order chi connectivity index (χ0) is 25.7. The van der Waals surface area contributed by atoms with E-state index >= 15 is 0 Å². The number of nitriles is 1. The van der Waals surface area contributed by atoms with Crippen LogP contribution in [-0.2, 0) is 19.7 Å². The smallest absolute Gasteiger partial charge is 0.316 e. The second kappa shape index (κ2) is 10.8. The molecule has 1 aliphatic rings. The lowest BCUT2D eigenvalue weighted by atomic mass is 10.1. The second-order valence-corrected chi connectivity index (χ2v) is 10.7. The van der Waals surface area contributed by atoms with E-state index in [1.807, 2.05) is 37.3 Å². The van der Waals surface area contributed by atoms with Crippen LogP contribution in [0.5, 0.6) is 0 Å². The molecule has 3 aromatic heterocycles. The number of thiazole rings is 2. The number of aromatic nitrogens is 3. The Balaban J connectivity index is 0.000000233. The normalized spacial score (nSPS) is 13.8. The summed E-state index contributed by atoms with van der Waals surface area (Å²) in [5.41, 5.74) is 1.90. The minimum atomic E-state index is -0.814. The molecule has 0 radical (unpaired) electrons. The fourth-order valence-corrected chi connectivity index (χ4v) is 6.09. The van der Waals surface area contributed by atoms with Crippen molar-refractivity contribution < 1.29 is 19.4 Å². The van der Waals surface area contributed by atoms with Crippen molar-refractivity contribution in [2.45, 2.75) is 31.3 Å². The van der Waals surface area contributed by atoms with Gasteiger partial charge in [0.25, 0.3) is 6.47 Å². The van der Waals surface area contributed by atoms with Crippen LogP contribution in [0.25, 0.3) is 9.66 Å². The molecule has 1 atom stereocenters. The molecule has 9 nitrogen and oxygen atoms in total. The number of aliphatic carboxylic acids is 1. The molecule has 12 heteroatoms. The van der Waals surface area contributed by atoms with Crippen LogP contribution in [-0.4, -0.2) is 38.9 Å². The Morgan fingerprint density at radius 2 is 2.00 bits per heavy atom. The number of anilines is 1. The van der Waals surface area contributed by atoms with E-state index in [2.05, 4.69) is 37.6 Å². The van der Waals surface area contributed by atoms with Gasteiger partial charge in [-0.2, -0.15) is 9.64 Å². The molecular weight excluding hydrogens is 518 g/mol. The number of benzene rings is 1. The van der Waals surface area contributed by atoms with Gasteiger partial charge in [-0.15, -0.1) is 11.3 Å². The fourth-order valence-electron chi connectivity index (χ4n) is 3.23. The Morgan fingerprint density at radius 3 is 2.58 bits per heavy atom. The van der Waals surface area contributed by atoms with Crippen molar-refractivity contribution in [1.82, 2.24) is 14.3 Å². The molecule has 182 valence electrons. The summed E-state index contributed by atoms with van der Waals surface area (Å²) in [5, 5.41) is 22.5. The number of carbonyl (C=O) groups is 2. The first-order valence-electron chi connectivity index (χ1n) is 10.7. The SMILES string of the molecule is CC(OC=O)c1ccccc1.CNc1c(C#Cc2nc3nc(C4(C(=O)O)CC4)sc3s2)nsc1C#N. The Bertz CT molecular complexity index is 1470. The predicted molar refractivity (Wildman–Crippen MR) is 138 cm³/mol. The molecule has 0 amide bonds. The number of carboxylic acid groups (broad SMARTS) is 1. The highest BCUT2D eigenvalue weighted by Gasteiger charge is 2.54. The van der Waals surface area contributed by atoms with E-state index in [1.165, 1.54) is 22.7 Å². The van der Waals surface area contributed by atoms with Crippen molar-refractivity contribution in [3.05, 3.63) is 56.5 Å². The van der Waals surface area contributed by atoms with Gasteiger partial charge in [-0.1, -0.05) is 41.7 Å². The average Bonchev–Trinajstić information content (AvgIpc) is 3.25. The van der Waals surface area contributed by atoms with Gasteiger partial charge in [0.1, 0.15) is 31.5 Å². The van der Waals surface area contributed by atoms with Gasteiger partial charge >= 0.3 is 5.97 Å². The zero-order valence-corrected chi connectivity index (χ0v) is 21.6. The molecule has 1 aliphatic carbocycles. The third kappa shape index (κ3) is 5.21. The van der Waals surface area contributed by atoms with Crippen LogP contribution in [0.4, 0.5) is 5.69 Å². The van der Waals surface area contributed by atoms with Crippen LogP contribution in [0.2, 0.25) is 0 Å². The van der Waals surface area contributed by atoms with Gasteiger partial charge < -0.3 is 15.2 Å². The lowest BCUT2D eigenvalue weighted by Crippen LogP contribution is -2.18. The number of nitrogens with one attached hydrogen (secondary N) is 1. The zero-order valence-electron chi connectivity index (χ0n) is 19.1. The van der Waals surface area contributed by atoms with Gasteiger partial charge in [0.15, 0.2) is 16.3 Å². The first-order valence-corrected chi connectivity index (χ1v) is 13.1. The third-order valence-corrected chi connectivity index (χ3v) is 8.45. The van der Waals surface area contributed by atoms with Gasteiger partial charge in [0, 0.05) is 7.05 Å². The lowest BCUT2D eigenvalue weighted by molar-refractivity contribution is -0.140. The molecule has 5 rings (SSSR count). The molecule has 1 aromatic carbocycles. The first kappa shape index (κ1) is 25.3. The maximum Gasteiger partial charge on any atom is 0.316 e. The summed E-state index contributed by atoms with van der Waals surface area (Å²) in [4.78, 5) is 30.6. The molecule has 4 aromatic rings. The number of ether oxygens (including phenoxy) is 1. The van der Waals surface area contributed by atoms with Crippen LogP contribution in [0, 0.1) is 23.2 Å². The van der Waals surface area contributed by atoms with Crippen molar-refractivity contribution in [3.63, 3.8) is 0 Å². The fraction of sp³-hybridized carbons (Fsp3) is 0.250. The second-order valence-electron chi connectivity index (χ2n) is 7.67. The van der Waals surface area contributed by atoms with Crippen LogP contribution in [0.15, 0.2) is 30.3 Å². The average molecular weight is 538 g/mol. The summed E-state index contributed by atoms with van der Waals surface area (Å²) in [6.45, 7) is 2.31. The molecule has 36 heavy (non-hydrogen) atoms. The van der Waals surface area contributed by atoms with E-state index in [0.717, 1.165) is 21.1 Å². The third-order valence-electron chi connectivity index (χ3n) is 5.41. The van der Waals surface area contributed by atoms with E-state index in [-0.39, 0.29) is 6.10 Å². The highest BCUT2D eigenvalue weighted by atomic mass is 32.2. The molecule has 2 N–H and O–H groups in total. The summed E-state index contributed by atoms with van der Waals surface area (Å²) in [5.74, 6) is 5.06. The number of rotatable bonds is 6. The number of carbonyl (C=O) groups excluding carboxylic acids is 1. The van der Waals surface area contributed by atoms with Gasteiger partial charge in [-0.25, -0.2) is 9.97 Å². The highest BCUT2D eigenvalue weighted by Crippen LogP contribution is 2.51. The monoisotopic (exact) mass is 537 g/mol. The minimum absolute atomic E-state index is 0.145. The maximum absolute atomic E-state index is 11.4. The first-order chi connectivity index (χ1) is 17.4. The summed E-state index contributed by atoms with van der Waals surface area (Å²) in [7, 11) is 1.72. The van der Waals surface area contributed by atoms with Crippen molar-refractivity contribution >= 4 is 62.0 Å². The van der Waals surface area contributed by atoms with Crippen molar-refractivity contribution in [3.8, 4) is 17.9 Å². The maximum atomic E-state index is 11.4. The standard InChI is InChI=1S/C15H9N5O2S3.C9H10O2/c1-17-10-7(20-25-8(10)6-16)2-3-9-18-11-12(23-9)24-13(19-11)15(4-5-15)14(21)22;1-8(11-7-10)9-5-3-2-4-6-9/h17H,4-5H2,1H3,(H,21,22);2-8H,1H3. The van der Waals surface area contributed by atoms with Crippen molar-refractivity contribution in [2.75, 3.05) is 12.4 Å². The van der Waals surface area contributed by atoms with Crippen LogP contribution in [0.1, 0.15) is 52.0 Å². The van der Waals surface area contributed by atoms with E-state index in [9.17, 15) is 14.7 Å². The van der Waals surface area contributed by atoms with Crippen molar-refractivity contribution in [1.29, 1.82) is 5.26 Å². The molecular formula is C24H19N5O4S3. The molecule has 1 saturated carbocycles. The van der Waals surface area contributed by atoms with Gasteiger partial charge in [-0.05, 0) is 48.7 Å². The molecule has 0 aliphatic heterocycles. The van der Waals surface area contributed by atoms with Crippen LogP contribution in [0.3, 0.4) is 0 Å². The summed E-state index contributed by atoms with van der Waals surface area (Å²) in [6, 6.07) is 11.7. The number of hydrogen-bond acceptors (Lipinski definition) is 11. The molecule has 1 unspecified atom stereocenters. The van der Waals surface area contributed by atoms with E-state index in [0.29, 0.717) is 51.2 Å². The summed E-state index contributed by atoms with van der Waals surface area (Å²) >= 11 is 3.87. The summed E-state index contributed by atoms with van der Waals surface area (Å²) < 4.78 is 9.79.